The van der Waals surface area contributed by atoms with Gasteiger partial charge in [-0.3, -0.25) is 0 Å². The van der Waals surface area contributed by atoms with Gasteiger partial charge in [0.05, 0.1) is 6.61 Å². The molecule has 4 heteroatoms. The van der Waals surface area contributed by atoms with E-state index in [9.17, 15) is 0 Å². The zero-order valence-corrected chi connectivity index (χ0v) is 14.7. The Balaban J connectivity index is 1.96. The zero-order chi connectivity index (χ0) is 16.5. The van der Waals surface area contributed by atoms with Crippen LogP contribution in [-0.2, 0) is 24.4 Å². The van der Waals surface area contributed by atoms with Gasteiger partial charge in [-0.1, -0.05) is 46.1 Å². The lowest BCUT2D eigenvalue weighted by atomic mass is 10.1. The van der Waals surface area contributed by atoms with E-state index >= 15 is 0 Å². The summed E-state index contributed by atoms with van der Waals surface area (Å²) in [6.07, 6.45) is 5.26. The first-order valence-electron chi connectivity index (χ1n) is 7.35. The van der Waals surface area contributed by atoms with E-state index < -0.39 is 0 Å². The molecule has 1 N–H and O–H groups in total. The van der Waals surface area contributed by atoms with E-state index in [2.05, 4.69) is 45.4 Å². The van der Waals surface area contributed by atoms with Crippen LogP contribution in [0.5, 0.6) is 5.75 Å². The molecule has 0 amide bonds. The number of rotatable bonds is 8. The predicted molar refractivity (Wildman–Crippen MR) is 96.2 cm³/mol. The molecule has 3 nitrogen and oxygen atoms in total. The van der Waals surface area contributed by atoms with Crippen molar-refractivity contribution in [1.82, 2.24) is 5.32 Å². The average molecular weight is 374 g/mol. The van der Waals surface area contributed by atoms with Gasteiger partial charge in [0.2, 0.25) is 0 Å². The first-order chi connectivity index (χ1) is 11.2. The number of nitrogens with one attached hydrogen (secondary N) is 1. The Bertz CT molecular complexity index is 679. The Morgan fingerprint density at radius 1 is 1.13 bits per heavy atom. The van der Waals surface area contributed by atoms with Gasteiger partial charge < -0.3 is 14.8 Å². The van der Waals surface area contributed by atoms with E-state index in [1.54, 1.807) is 7.11 Å². The molecular formula is C19H20BrNO2. The Morgan fingerprint density at radius 3 is 2.74 bits per heavy atom. The molecule has 0 aliphatic rings. The number of benzene rings is 2. The van der Waals surface area contributed by atoms with Crippen molar-refractivity contribution in [2.75, 3.05) is 13.7 Å². The van der Waals surface area contributed by atoms with E-state index in [0.717, 1.165) is 22.3 Å². The summed E-state index contributed by atoms with van der Waals surface area (Å²) in [6, 6.07) is 14.3. The number of ether oxygens (including phenoxy) is 2. The third-order valence-corrected chi connectivity index (χ3v) is 3.77. The number of terminal acetylenes is 1. The topological polar surface area (TPSA) is 30.5 Å². The van der Waals surface area contributed by atoms with Crippen molar-refractivity contribution in [3.05, 3.63) is 63.6 Å². The number of methoxy groups -OCH3 is 1. The molecule has 0 aromatic heterocycles. The van der Waals surface area contributed by atoms with Crippen molar-refractivity contribution in [1.29, 1.82) is 0 Å². The Kier molecular flexibility index (Phi) is 7.15. The van der Waals surface area contributed by atoms with Crippen molar-refractivity contribution in [2.24, 2.45) is 0 Å². The lowest BCUT2D eigenvalue weighted by Crippen LogP contribution is -2.14. The van der Waals surface area contributed by atoms with Crippen molar-refractivity contribution in [3.63, 3.8) is 0 Å². The standard InChI is InChI=1S/C19H20BrNO2/c1-3-9-23-19-8-7-18(20)11-17(19)13-21-12-15-5-4-6-16(10-15)14-22-2/h1,4-8,10-11,21H,9,12-14H2,2H3. The van der Waals surface area contributed by atoms with Crippen LogP contribution in [0.15, 0.2) is 46.9 Å². The minimum Gasteiger partial charge on any atom is -0.481 e. The fourth-order valence-electron chi connectivity index (χ4n) is 2.28. The average Bonchev–Trinajstić information content (AvgIpc) is 2.55. The van der Waals surface area contributed by atoms with Crippen LogP contribution in [0.2, 0.25) is 0 Å². The summed E-state index contributed by atoms with van der Waals surface area (Å²) in [7, 11) is 1.70. The van der Waals surface area contributed by atoms with Gasteiger partial charge in [-0.05, 0) is 29.3 Å². The second-order valence-electron chi connectivity index (χ2n) is 5.10. The highest BCUT2D eigenvalue weighted by atomic mass is 79.9. The van der Waals surface area contributed by atoms with Crippen LogP contribution in [0.1, 0.15) is 16.7 Å². The minimum atomic E-state index is 0.272. The maximum Gasteiger partial charge on any atom is 0.148 e. The summed E-state index contributed by atoms with van der Waals surface area (Å²) < 4.78 is 11.8. The molecule has 0 atom stereocenters. The highest BCUT2D eigenvalue weighted by Crippen LogP contribution is 2.23. The van der Waals surface area contributed by atoms with Gasteiger partial charge in [0.15, 0.2) is 0 Å². The first-order valence-corrected chi connectivity index (χ1v) is 8.14. The number of hydrogen-bond acceptors (Lipinski definition) is 3. The largest absolute Gasteiger partial charge is 0.481 e. The van der Waals surface area contributed by atoms with E-state index in [4.69, 9.17) is 15.9 Å². The Hall–Kier alpha value is -1.80. The molecule has 0 radical (unpaired) electrons. The first kappa shape index (κ1) is 17.6. The molecule has 0 bridgehead atoms. The van der Waals surface area contributed by atoms with E-state index in [1.165, 1.54) is 11.1 Å². The molecule has 0 heterocycles. The molecule has 0 spiro atoms. The molecule has 2 aromatic carbocycles. The van der Waals surface area contributed by atoms with Crippen LogP contribution in [0.3, 0.4) is 0 Å². The molecule has 0 aliphatic heterocycles. The fourth-order valence-corrected chi connectivity index (χ4v) is 2.69. The van der Waals surface area contributed by atoms with Crippen molar-refractivity contribution >= 4 is 15.9 Å². The number of halogens is 1. The number of hydrogen-bond donors (Lipinski definition) is 1. The summed E-state index contributed by atoms with van der Waals surface area (Å²) >= 11 is 3.49. The summed E-state index contributed by atoms with van der Waals surface area (Å²) in [6.45, 7) is 2.38. The lowest BCUT2D eigenvalue weighted by Gasteiger charge is -2.12. The third-order valence-electron chi connectivity index (χ3n) is 3.28. The Labute approximate surface area is 146 Å². The van der Waals surface area contributed by atoms with Crippen LogP contribution < -0.4 is 10.1 Å². The van der Waals surface area contributed by atoms with Gasteiger partial charge >= 0.3 is 0 Å². The van der Waals surface area contributed by atoms with Gasteiger partial charge in [-0.15, -0.1) is 6.42 Å². The maximum atomic E-state index is 5.58. The van der Waals surface area contributed by atoms with Crippen LogP contribution in [0, 0.1) is 12.3 Å². The van der Waals surface area contributed by atoms with E-state index in [1.807, 2.05) is 24.3 Å². The fraction of sp³-hybridized carbons (Fsp3) is 0.263. The molecule has 0 aliphatic carbocycles. The monoisotopic (exact) mass is 373 g/mol. The SMILES string of the molecule is C#CCOc1ccc(Br)cc1CNCc1cccc(COC)c1. The molecule has 0 unspecified atom stereocenters. The normalized spacial score (nSPS) is 10.3. The van der Waals surface area contributed by atoms with Crippen LogP contribution >= 0.6 is 15.9 Å². The van der Waals surface area contributed by atoms with Crippen molar-refractivity contribution in [3.8, 4) is 18.1 Å². The predicted octanol–water partition coefficient (Wildman–Crippen LogP) is 3.90. The maximum absolute atomic E-state index is 5.58. The highest BCUT2D eigenvalue weighted by Gasteiger charge is 2.05. The summed E-state index contributed by atoms with van der Waals surface area (Å²) in [5, 5.41) is 3.44. The molecule has 0 fully saturated rings. The van der Waals surface area contributed by atoms with E-state index in [0.29, 0.717) is 13.2 Å². The molecule has 2 aromatic rings. The third kappa shape index (κ3) is 5.72. The zero-order valence-electron chi connectivity index (χ0n) is 13.1. The van der Waals surface area contributed by atoms with E-state index in [-0.39, 0.29) is 6.61 Å². The van der Waals surface area contributed by atoms with Gasteiger partial charge in [0, 0.05) is 30.2 Å². The lowest BCUT2D eigenvalue weighted by molar-refractivity contribution is 0.185. The quantitative estimate of drug-likeness (QED) is 0.711. The second-order valence-corrected chi connectivity index (χ2v) is 6.02. The minimum absolute atomic E-state index is 0.272. The van der Waals surface area contributed by atoms with Gasteiger partial charge in [-0.25, -0.2) is 0 Å². The van der Waals surface area contributed by atoms with Crippen LogP contribution in [0.4, 0.5) is 0 Å². The highest BCUT2D eigenvalue weighted by molar-refractivity contribution is 9.10. The van der Waals surface area contributed by atoms with Crippen molar-refractivity contribution < 1.29 is 9.47 Å². The van der Waals surface area contributed by atoms with Crippen LogP contribution in [0.25, 0.3) is 0 Å². The molecule has 0 saturated heterocycles. The van der Waals surface area contributed by atoms with Crippen LogP contribution in [-0.4, -0.2) is 13.7 Å². The molecule has 2 rings (SSSR count). The molecular weight excluding hydrogens is 354 g/mol. The molecule has 120 valence electrons. The van der Waals surface area contributed by atoms with Gasteiger partial charge in [-0.2, -0.15) is 0 Å². The summed E-state index contributed by atoms with van der Waals surface area (Å²) in [4.78, 5) is 0. The molecule has 0 saturated carbocycles. The summed E-state index contributed by atoms with van der Waals surface area (Å²) in [5.74, 6) is 3.30. The second kappa shape index (κ2) is 9.36. The summed E-state index contributed by atoms with van der Waals surface area (Å²) in [5.41, 5.74) is 3.47. The Morgan fingerprint density at radius 2 is 1.96 bits per heavy atom. The van der Waals surface area contributed by atoms with Gasteiger partial charge in [0.1, 0.15) is 12.4 Å². The molecule has 23 heavy (non-hydrogen) atoms. The van der Waals surface area contributed by atoms with Crippen molar-refractivity contribution in [2.45, 2.75) is 19.7 Å². The van der Waals surface area contributed by atoms with Gasteiger partial charge in [0.25, 0.3) is 0 Å². The smallest absolute Gasteiger partial charge is 0.148 e.